The lowest BCUT2D eigenvalue weighted by Crippen LogP contribution is -2.37. The van der Waals surface area contributed by atoms with Gasteiger partial charge in [0.1, 0.15) is 5.82 Å². The van der Waals surface area contributed by atoms with Crippen LogP contribution in [0.4, 0.5) is 4.39 Å². The summed E-state index contributed by atoms with van der Waals surface area (Å²) in [6.07, 6.45) is 1.51. The second-order valence-corrected chi connectivity index (χ2v) is 6.88. The molecule has 0 amide bonds. The summed E-state index contributed by atoms with van der Waals surface area (Å²) in [7, 11) is 3.69. The van der Waals surface area contributed by atoms with Crippen LogP contribution in [0.1, 0.15) is 28.9 Å². The first-order chi connectivity index (χ1) is 11.9. The van der Waals surface area contributed by atoms with Crippen molar-refractivity contribution in [2.45, 2.75) is 33.2 Å². The smallest absolute Gasteiger partial charge is 0.191 e. The molecule has 0 bridgehead atoms. The molecule has 1 aromatic heterocycles. The number of nitrogens with one attached hydrogen (secondary N) is 2. The van der Waals surface area contributed by atoms with Crippen LogP contribution in [0.15, 0.2) is 27.7 Å². The number of aromatic nitrogens is 2. The van der Waals surface area contributed by atoms with Gasteiger partial charge >= 0.3 is 0 Å². The molecule has 0 saturated heterocycles. The number of guanidine groups is 1. The Morgan fingerprint density at radius 2 is 2.08 bits per heavy atom. The second kappa shape index (κ2) is 8.99. The first kappa shape index (κ1) is 19.4. The summed E-state index contributed by atoms with van der Waals surface area (Å²) in [6.45, 7) is 5.46. The molecule has 1 aromatic carbocycles. The zero-order valence-corrected chi connectivity index (χ0v) is 16.7. The zero-order valence-electron chi connectivity index (χ0n) is 15.2. The van der Waals surface area contributed by atoms with Gasteiger partial charge in [0.05, 0.1) is 5.69 Å². The maximum Gasteiger partial charge on any atom is 0.191 e. The van der Waals surface area contributed by atoms with Gasteiger partial charge in [-0.1, -0.05) is 22.0 Å². The number of aliphatic imine (C=N–C) groups is 1. The third-order valence-corrected chi connectivity index (χ3v) is 4.74. The fourth-order valence-electron chi connectivity index (χ4n) is 2.68. The van der Waals surface area contributed by atoms with E-state index in [-0.39, 0.29) is 5.82 Å². The molecule has 0 aliphatic carbocycles. The van der Waals surface area contributed by atoms with Gasteiger partial charge in [-0.15, -0.1) is 0 Å². The van der Waals surface area contributed by atoms with Crippen LogP contribution in [-0.2, 0) is 20.0 Å². The van der Waals surface area contributed by atoms with Gasteiger partial charge in [0.2, 0.25) is 0 Å². The maximum atomic E-state index is 13.8. The van der Waals surface area contributed by atoms with Crippen LogP contribution in [0.25, 0.3) is 0 Å². The van der Waals surface area contributed by atoms with Gasteiger partial charge in [-0.25, -0.2) is 4.39 Å². The van der Waals surface area contributed by atoms with Gasteiger partial charge in [-0.05, 0) is 44.4 Å². The number of hydrogen-bond acceptors (Lipinski definition) is 2. The molecule has 0 aliphatic rings. The molecule has 5 nitrogen and oxygen atoms in total. The normalized spacial score (nSPS) is 11.7. The number of hydrogen-bond donors (Lipinski definition) is 2. The van der Waals surface area contributed by atoms with E-state index >= 15 is 0 Å². The van der Waals surface area contributed by atoms with Crippen molar-refractivity contribution in [3.8, 4) is 0 Å². The fraction of sp³-hybridized carbons (Fsp3) is 0.444. The van der Waals surface area contributed by atoms with Gasteiger partial charge in [0, 0.05) is 42.9 Å². The van der Waals surface area contributed by atoms with E-state index in [4.69, 9.17) is 0 Å². The van der Waals surface area contributed by atoms with Gasteiger partial charge < -0.3 is 10.6 Å². The Morgan fingerprint density at radius 3 is 2.68 bits per heavy atom. The molecule has 2 aromatic rings. The second-order valence-electron chi connectivity index (χ2n) is 5.96. The van der Waals surface area contributed by atoms with Crippen molar-refractivity contribution < 1.29 is 4.39 Å². The van der Waals surface area contributed by atoms with Crippen LogP contribution in [0.3, 0.4) is 0 Å². The first-order valence-corrected chi connectivity index (χ1v) is 9.09. The van der Waals surface area contributed by atoms with Gasteiger partial charge in [-0.2, -0.15) is 5.10 Å². The Labute approximate surface area is 156 Å². The highest BCUT2D eigenvalue weighted by molar-refractivity contribution is 9.10. The third kappa shape index (κ3) is 5.29. The minimum absolute atomic E-state index is 0.167. The predicted molar refractivity (Wildman–Crippen MR) is 103 cm³/mol. The van der Waals surface area contributed by atoms with E-state index in [0.717, 1.165) is 40.3 Å². The van der Waals surface area contributed by atoms with Gasteiger partial charge in [0.25, 0.3) is 0 Å². The highest BCUT2D eigenvalue weighted by Crippen LogP contribution is 2.16. The minimum atomic E-state index is -0.167. The third-order valence-electron chi connectivity index (χ3n) is 4.25. The Balaban J connectivity index is 1.79. The van der Waals surface area contributed by atoms with Crippen LogP contribution in [-0.4, -0.2) is 29.3 Å². The molecule has 2 rings (SSSR count). The summed E-state index contributed by atoms with van der Waals surface area (Å²) in [4.78, 5) is 4.23. The Bertz CT molecular complexity index is 754. The first-order valence-electron chi connectivity index (χ1n) is 8.30. The molecule has 0 aliphatic heterocycles. The Hall–Kier alpha value is -1.89. The van der Waals surface area contributed by atoms with Crippen LogP contribution in [0, 0.1) is 19.7 Å². The largest absolute Gasteiger partial charge is 0.356 e. The van der Waals surface area contributed by atoms with Crippen LogP contribution >= 0.6 is 15.9 Å². The van der Waals surface area contributed by atoms with E-state index < -0.39 is 0 Å². The zero-order chi connectivity index (χ0) is 18.4. The minimum Gasteiger partial charge on any atom is -0.356 e. The van der Waals surface area contributed by atoms with E-state index in [9.17, 15) is 4.39 Å². The van der Waals surface area contributed by atoms with E-state index in [1.807, 2.05) is 30.8 Å². The van der Waals surface area contributed by atoms with E-state index in [2.05, 4.69) is 43.6 Å². The van der Waals surface area contributed by atoms with Crippen molar-refractivity contribution in [2.24, 2.45) is 12.0 Å². The number of halogens is 2. The molecule has 0 saturated carbocycles. The van der Waals surface area contributed by atoms with Crippen molar-refractivity contribution in [3.05, 3.63) is 51.0 Å². The molecular weight excluding hydrogens is 385 g/mol. The fourth-order valence-corrected chi connectivity index (χ4v) is 3.01. The quantitative estimate of drug-likeness (QED) is 0.437. The number of nitrogens with zero attached hydrogens (tertiary/aromatic N) is 3. The molecule has 0 spiro atoms. The van der Waals surface area contributed by atoms with Crippen molar-refractivity contribution in [1.29, 1.82) is 0 Å². The van der Waals surface area contributed by atoms with Crippen molar-refractivity contribution in [1.82, 2.24) is 20.4 Å². The summed E-state index contributed by atoms with van der Waals surface area (Å²) < 4.78 is 16.4. The molecule has 0 fully saturated rings. The van der Waals surface area contributed by atoms with E-state index in [0.29, 0.717) is 13.0 Å². The molecular formula is C18H25BrFN5. The van der Waals surface area contributed by atoms with Crippen molar-refractivity contribution in [3.63, 3.8) is 0 Å². The lowest BCUT2D eigenvalue weighted by Gasteiger charge is -2.12. The SMILES string of the molecule is CN=C(NCCCc1ccc(Br)cc1F)NCc1c(C)nn(C)c1C. The molecule has 0 unspecified atom stereocenters. The van der Waals surface area contributed by atoms with Crippen molar-refractivity contribution in [2.75, 3.05) is 13.6 Å². The number of rotatable bonds is 6. The summed E-state index contributed by atoms with van der Waals surface area (Å²) in [5.74, 6) is 0.568. The average molecular weight is 410 g/mol. The summed E-state index contributed by atoms with van der Waals surface area (Å²) in [6, 6.07) is 5.19. The van der Waals surface area contributed by atoms with Crippen LogP contribution in [0.2, 0.25) is 0 Å². The lowest BCUT2D eigenvalue weighted by atomic mass is 10.1. The summed E-state index contributed by atoms with van der Waals surface area (Å²) >= 11 is 3.27. The molecule has 1 heterocycles. The number of benzene rings is 1. The predicted octanol–water partition coefficient (Wildman–Crippen LogP) is 3.24. The van der Waals surface area contributed by atoms with Crippen LogP contribution < -0.4 is 10.6 Å². The summed E-state index contributed by atoms with van der Waals surface area (Å²) in [5, 5.41) is 11.0. The number of aryl methyl sites for hydroxylation is 3. The maximum absolute atomic E-state index is 13.8. The molecule has 2 N–H and O–H groups in total. The Morgan fingerprint density at radius 1 is 1.32 bits per heavy atom. The standard InChI is InChI=1S/C18H25BrFN5/c1-12-16(13(2)25(4)24-12)11-23-18(21-3)22-9-5-6-14-7-8-15(19)10-17(14)20/h7-8,10H,5-6,9,11H2,1-4H3,(H2,21,22,23). The average Bonchev–Trinajstić information content (AvgIpc) is 2.81. The molecule has 0 radical (unpaired) electrons. The van der Waals surface area contributed by atoms with E-state index in [1.54, 1.807) is 7.05 Å². The topological polar surface area (TPSA) is 54.2 Å². The van der Waals surface area contributed by atoms with E-state index in [1.165, 1.54) is 11.6 Å². The van der Waals surface area contributed by atoms with Crippen LogP contribution in [0.5, 0.6) is 0 Å². The van der Waals surface area contributed by atoms with Crippen molar-refractivity contribution >= 4 is 21.9 Å². The highest BCUT2D eigenvalue weighted by atomic mass is 79.9. The molecule has 25 heavy (non-hydrogen) atoms. The summed E-state index contributed by atoms with van der Waals surface area (Å²) in [5.41, 5.74) is 4.08. The Kier molecular flexibility index (Phi) is 6.99. The molecule has 0 atom stereocenters. The monoisotopic (exact) mass is 409 g/mol. The van der Waals surface area contributed by atoms with Gasteiger partial charge in [0.15, 0.2) is 5.96 Å². The van der Waals surface area contributed by atoms with Gasteiger partial charge in [-0.3, -0.25) is 9.67 Å². The molecule has 7 heteroatoms. The molecule has 136 valence electrons. The highest BCUT2D eigenvalue weighted by Gasteiger charge is 2.09. The lowest BCUT2D eigenvalue weighted by molar-refractivity contribution is 0.601.